The van der Waals surface area contributed by atoms with Crippen LogP contribution in [0, 0.1) is 13.8 Å². The zero-order chi connectivity index (χ0) is 14.9. The highest BCUT2D eigenvalue weighted by Crippen LogP contribution is 2.26. The van der Waals surface area contributed by atoms with E-state index in [1.807, 2.05) is 19.1 Å². The Morgan fingerprint density at radius 2 is 1.80 bits per heavy atom. The molecule has 106 valence electrons. The summed E-state index contributed by atoms with van der Waals surface area (Å²) in [6.07, 6.45) is 0. The maximum absolute atomic E-state index is 12.1. The second kappa shape index (κ2) is 5.35. The fourth-order valence-electron chi connectivity index (χ4n) is 1.64. The van der Waals surface area contributed by atoms with E-state index in [9.17, 15) is 13.2 Å². The van der Waals surface area contributed by atoms with Crippen LogP contribution in [-0.2, 0) is 10.0 Å². The lowest BCUT2D eigenvalue weighted by Crippen LogP contribution is -2.11. The molecule has 3 N–H and O–H groups in total. The Bertz CT molecular complexity index is 746. The number of aryl methyl sites for hydroxylation is 2. The van der Waals surface area contributed by atoms with Crippen molar-refractivity contribution >= 4 is 33.0 Å². The first-order valence-electron chi connectivity index (χ1n) is 5.78. The summed E-state index contributed by atoms with van der Waals surface area (Å²) >= 11 is 0.872. The summed E-state index contributed by atoms with van der Waals surface area (Å²) in [5.74, 6) is -0.341. The Morgan fingerprint density at radius 3 is 2.30 bits per heavy atom. The van der Waals surface area contributed by atoms with Crippen LogP contribution in [0.25, 0.3) is 0 Å². The Balaban J connectivity index is 2.26. The first kappa shape index (κ1) is 14.7. The lowest BCUT2D eigenvalue weighted by molar-refractivity contribution is 0.103. The van der Waals surface area contributed by atoms with Crippen molar-refractivity contribution in [1.82, 2.24) is 0 Å². The summed E-state index contributed by atoms with van der Waals surface area (Å²) in [6, 6.07) is 8.75. The molecule has 0 aliphatic heterocycles. The van der Waals surface area contributed by atoms with Crippen molar-refractivity contribution in [2.75, 3.05) is 5.32 Å². The molecule has 0 radical (unpaired) electrons. The molecule has 0 spiro atoms. The molecule has 1 amide bonds. The minimum absolute atomic E-state index is 0.0101. The van der Waals surface area contributed by atoms with Crippen molar-refractivity contribution in [2.24, 2.45) is 5.14 Å². The molecule has 0 saturated carbocycles. The average Bonchev–Trinajstić information content (AvgIpc) is 2.74. The molecule has 0 fully saturated rings. The van der Waals surface area contributed by atoms with Crippen LogP contribution in [0.3, 0.4) is 0 Å². The molecule has 1 aromatic heterocycles. The van der Waals surface area contributed by atoms with Gasteiger partial charge in [-0.1, -0.05) is 17.7 Å². The summed E-state index contributed by atoms with van der Waals surface area (Å²) in [5.41, 5.74) is 2.33. The van der Waals surface area contributed by atoms with Crippen molar-refractivity contribution in [3.8, 4) is 0 Å². The second-order valence-corrected chi connectivity index (χ2v) is 7.28. The number of anilines is 1. The minimum Gasteiger partial charge on any atom is -0.321 e. The van der Waals surface area contributed by atoms with Gasteiger partial charge in [-0.3, -0.25) is 4.79 Å². The smallest absolute Gasteiger partial charge is 0.266 e. The Hall–Kier alpha value is -1.70. The molecule has 7 heteroatoms. The van der Waals surface area contributed by atoms with Crippen LogP contribution in [0.2, 0.25) is 0 Å². The normalized spacial score (nSPS) is 11.3. The van der Waals surface area contributed by atoms with Gasteiger partial charge in [0.25, 0.3) is 5.91 Å². The lowest BCUT2D eigenvalue weighted by Gasteiger charge is -2.04. The van der Waals surface area contributed by atoms with E-state index < -0.39 is 10.0 Å². The van der Waals surface area contributed by atoms with Crippen LogP contribution >= 0.6 is 11.3 Å². The van der Waals surface area contributed by atoms with Crippen LogP contribution in [0.15, 0.2) is 34.5 Å². The third-order valence-corrected chi connectivity index (χ3v) is 5.35. The molecule has 1 heterocycles. The Labute approximate surface area is 121 Å². The number of carbonyl (C=O) groups excluding carboxylic acids is 1. The quantitative estimate of drug-likeness (QED) is 0.911. The van der Waals surface area contributed by atoms with Crippen molar-refractivity contribution in [3.63, 3.8) is 0 Å². The number of carbonyl (C=O) groups is 1. The van der Waals surface area contributed by atoms with Gasteiger partial charge in [-0.2, -0.15) is 0 Å². The molecule has 0 atom stereocenters. The number of amides is 1. The highest BCUT2D eigenvalue weighted by atomic mass is 32.2. The van der Waals surface area contributed by atoms with Crippen molar-refractivity contribution in [3.05, 3.63) is 46.3 Å². The maximum atomic E-state index is 12.1. The number of sulfonamides is 1. The first-order chi connectivity index (χ1) is 9.27. The molecule has 0 aliphatic carbocycles. The number of primary sulfonamides is 1. The number of rotatable bonds is 3. The third kappa shape index (κ3) is 3.24. The van der Waals surface area contributed by atoms with Gasteiger partial charge in [0.05, 0.1) is 4.88 Å². The predicted octanol–water partition coefficient (Wildman–Crippen LogP) is 2.26. The zero-order valence-electron chi connectivity index (χ0n) is 11.0. The zero-order valence-corrected chi connectivity index (χ0v) is 12.6. The molecular formula is C13H14N2O3S2. The van der Waals surface area contributed by atoms with Gasteiger partial charge in [-0.15, -0.1) is 11.3 Å². The van der Waals surface area contributed by atoms with Crippen molar-refractivity contribution < 1.29 is 13.2 Å². The Kier molecular flexibility index (Phi) is 3.94. The van der Waals surface area contributed by atoms with Crippen LogP contribution < -0.4 is 10.5 Å². The highest BCUT2D eigenvalue weighted by Gasteiger charge is 2.19. The highest BCUT2D eigenvalue weighted by molar-refractivity contribution is 7.91. The Morgan fingerprint density at radius 1 is 1.20 bits per heavy atom. The number of nitrogens with two attached hydrogens (primary N) is 1. The number of nitrogens with one attached hydrogen (secondary N) is 1. The molecule has 1 aromatic carbocycles. The van der Waals surface area contributed by atoms with Gasteiger partial charge in [0.1, 0.15) is 4.21 Å². The van der Waals surface area contributed by atoms with Crippen molar-refractivity contribution in [1.29, 1.82) is 0 Å². The van der Waals surface area contributed by atoms with Gasteiger partial charge in [0.15, 0.2) is 0 Å². The average molecular weight is 310 g/mol. The third-order valence-electron chi connectivity index (χ3n) is 2.69. The topological polar surface area (TPSA) is 89.3 Å². The van der Waals surface area contributed by atoms with Crippen LogP contribution in [-0.4, -0.2) is 14.3 Å². The number of benzene rings is 1. The standard InChI is InChI=1S/C13H14N2O3S2/c1-8-3-5-10(6-4-8)15-13(16)12-9(2)7-11(19-12)20(14,17)18/h3-7H,1-2H3,(H,15,16)(H2,14,17,18). The van der Waals surface area contributed by atoms with Gasteiger partial charge in [-0.05, 0) is 37.6 Å². The van der Waals surface area contributed by atoms with Gasteiger partial charge in [-0.25, -0.2) is 13.6 Å². The molecule has 0 bridgehead atoms. The molecule has 0 unspecified atom stereocenters. The summed E-state index contributed by atoms with van der Waals surface area (Å²) in [7, 11) is -3.78. The van der Waals surface area contributed by atoms with Crippen LogP contribution in [0.4, 0.5) is 5.69 Å². The number of hydrogen-bond donors (Lipinski definition) is 2. The van der Waals surface area contributed by atoms with E-state index in [0.717, 1.165) is 16.9 Å². The van der Waals surface area contributed by atoms with Gasteiger partial charge in [0, 0.05) is 5.69 Å². The lowest BCUT2D eigenvalue weighted by atomic mass is 10.2. The summed E-state index contributed by atoms with van der Waals surface area (Å²) < 4.78 is 22.5. The molecule has 0 aliphatic rings. The molecular weight excluding hydrogens is 296 g/mol. The fourth-order valence-corrected chi connectivity index (χ4v) is 3.50. The monoisotopic (exact) mass is 310 g/mol. The van der Waals surface area contributed by atoms with Gasteiger partial charge < -0.3 is 5.32 Å². The first-order valence-corrected chi connectivity index (χ1v) is 8.15. The number of hydrogen-bond acceptors (Lipinski definition) is 4. The second-order valence-electron chi connectivity index (χ2n) is 4.44. The van der Waals surface area contributed by atoms with E-state index in [2.05, 4.69) is 5.32 Å². The summed E-state index contributed by atoms with van der Waals surface area (Å²) in [6.45, 7) is 3.63. The fraction of sp³-hybridized carbons (Fsp3) is 0.154. The predicted molar refractivity (Wildman–Crippen MR) is 79.6 cm³/mol. The van der Waals surface area contributed by atoms with Crippen molar-refractivity contribution in [2.45, 2.75) is 18.1 Å². The summed E-state index contributed by atoms with van der Waals surface area (Å²) in [5, 5.41) is 7.79. The van der Waals surface area contributed by atoms with E-state index >= 15 is 0 Å². The molecule has 0 saturated heterocycles. The SMILES string of the molecule is Cc1ccc(NC(=O)c2sc(S(N)(=O)=O)cc2C)cc1. The molecule has 2 rings (SSSR count). The van der Waals surface area contributed by atoms with E-state index in [4.69, 9.17) is 5.14 Å². The minimum atomic E-state index is -3.78. The van der Waals surface area contributed by atoms with E-state index in [1.54, 1.807) is 19.1 Å². The van der Waals surface area contributed by atoms with E-state index in [0.29, 0.717) is 16.1 Å². The van der Waals surface area contributed by atoms with Gasteiger partial charge in [0.2, 0.25) is 10.0 Å². The largest absolute Gasteiger partial charge is 0.321 e. The van der Waals surface area contributed by atoms with Gasteiger partial charge >= 0.3 is 0 Å². The van der Waals surface area contributed by atoms with E-state index in [-0.39, 0.29) is 10.1 Å². The van der Waals surface area contributed by atoms with Crippen LogP contribution in [0.5, 0.6) is 0 Å². The van der Waals surface area contributed by atoms with E-state index in [1.165, 1.54) is 6.07 Å². The molecule has 5 nitrogen and oxygen atoms in total. The maximum Gasteiger partial charge on any atom is 0.266 e. The molecule has 20 heavy (non-hydrogen) atoms. The van der Waals surface area contributed by atoms with Crippen LogP contribution in [0.1, 0.15) is 20.8 Å². The molecule has 2 aromatic rings. The summed E-state index contributed by atoms with van der Waals surface area (Å²) in [4.78, 5) is 12.5. The number of thiophene rings is 1.